The summed E-state index contributed by atoms with van der Waals surface area (Å²) in [7, 11) is 0. The van der Waals surface area contributed by atoms with Crippen LogP contribution in [0.15, 0.2) is 24.3 Å². The number of alkyl halides is 3. The van der Waals surface area contributed by atoms with Gasteiger partial charge in [-0.3, -0.25) is 4.90 Å². The molecule has 1 amide bonds. The van der Waals surface area contributed by atoms with Crippen molar-refractivity contribution in [2.24, 2.45) is 0 Å². The van der Waals surface area contributed by atoms with Gasteiger partial charge in [-0.2, -0.15) is 13.2 Å². The van der Waals surface area contributed by atoms with Crippen LogP contribution in [-0.2, 0) is 6.18 Å². The molecule has 1 aromatic rings. The van der Waals surface area contributed by atoms with Gasteiger partial charge in [0.25, 0.3) is 0 Å². The predicted octanol–water partition coefficient (Wildman–Crippen LogP) is 3.20. The van der Waals surface area contributed by atoms with Gasteiger partial charge in [-0.1, -0.05) is 18.2 Å². The Balaban J connectivity index is 1.83. The maximum absolute atomic E-state index is 13.1. The first-order chi connectivity index (χ1) is 10.3. The van der Waals surface area contributed by atoms with Crippen molar-refractivity contribution in [1.82, 2.24) is 9.80 Å². The first-order valence-electron chi connectivity index (χ1n) is 7.20. The molecule has 2 aliphatic rings. The molecule has 2 heterocycles. The molecule has 4 nitrogen and oxygen atoms in total. The minimum Gasteiger partial charge on any atom is -0.465 e. The zero-order chi connectivity index (χ0) is 16.1. The van der Waals surface area contributed by atoms with E-state index in [0.29, 0.717) is 19.5 Å². The lowest BCUT2D eigenvalue weighted by atomic mass is 9.99. The minimum atomic E-state index is -4.38. The second kappa shape index (κ2) is 5.15. The van der Waals surface area contributed by atoms with E-state index in [4.69, 9.17) is 5.11 Å². The highest BCUT2D eigenvalue weighted by Gasteiger charge is 2.47. The Labute approximate surface area is 126 Å². The van der Waals surface area contributed by atoms with E-state index < -0.39 is 17.8 Å². The molecule has 3 rings (SSSR count). The van der Waals surface area contributed by atoms with E-state index >= 15 is 0 Å². The van der Waals surface area contributed by atoms with Crippen molar-refractivity contribution in [3.8, 4) is 0 Å². The van der Waals surface area contributed by atoms with Crippen LogP contribution in [0, 0.1) is 0 Å². The van der Waals surface area contributed by atoms with Crippen LogP contribution in [0.1, 0.15) is 30.5 Å². The molecule has 1 aromatic carbocycles. The van der Waals surface area contributed by atoms with E-state index in [1.807, 2.05) is 4.90 Å². The normalized spacial score (nSPS) is 26.5. The highest BCUT2D eigenvalue weighted by atomic mass is 19.4. The molecule has 7 heteroatoms. The van der Waals surface area contributed by atoms with Crippen LogP contribution in [0.2, 0.25) is 0 Å². The SMILES string of the molecule is CC(c1ccccc1C(F)(F)F)N1CC2CC1CN2C(=O)O. The third-order valence-corrected chi connectivity index (χ3v) is 4.74. The van der Waals surface area contributed by atoms with Gasteiger partial charge in [-0.05, 0) is 25.0 Å². The monoisotopic (exact) mass is 314 g/mol. The van der Waals surface area contributed by atoms with Crippen molar-refractivity contribution in [2.45, 2.75) is 37.6 Å². The van der Waals surface area contributed by atoms with E-state index in [2.05, 4.69) is 0 Å². The maximum Gasteiger partial charge on any atom is 0.416 e. The summed E-state index contributed by atoms with van der Waals surface area (Å²) >= 11 is 0. The number of nitrogens with zero attached hydrogens (tertiary/aromatic N) is 2. The fraction of sp³-hybridized carbons (Fsp3) is 0.533. The van der Waals surface area contributed by atoms with E-state index in [1.54, 1.807) is 13.0 Å². The van der Waals surface area contributed by atoms with E-state index in [0.717, 1.165) is 6.07 Å². The largest absolute Gasteiger partial charge is 0.465 e. The van der Waals surface area contributed by atoms with Gasteiger partial charge in [0.05, 0.1) is 5.56 Å². The molecular weight excluding hydrogens is 297 g/mol. The lowest BCUT2D eigenvalue weighted by Crippen LogP contribution is -2.49. The predicted molar refractivity (Wildman–Crippen MR) is 73.5 cm³/mol. The van der Waals surface area contributed by atoms with Gasteiger partial charge in [0.15, 0.2) is 0 Å². The third-order valence-electron chi connectivity index (χ3n) is 4.74. The third kappa shape index (κ3) is 2.43. The topological polar surface area (TPSA) is 43.8 Å². The standard InChI is InChI=1S/C15H17F3N2O2/c1-9(12-4-2-3-5-13(12)15(16,17)18)19-7-11-6-10(19)8-20(11)14(21)22/h2-5,9-11H,6-8H2,1H3,(H,21,22). The quantitative estimate of drug-likeness (QED) is 0.911. The van der Waals surface area contributed by atoms with Crippen LogP contribution in [0.25, 0.3) is 0 Å². The van der Waals surface area contributed by atoms with Crippen molar-refractivity contribution in [3.05, 3.63) is 35.4 Å². The average Bonchev–Trinajstić information content (AvgIpc) is 3.05. The summed E-state index contributed by atoms with van der Waals surface area (Å²) in [6.07, 6.45) is -4.63. The second-order valence-electron chi connectivity index (χ2n) is 5.94. The molecule has 2 bridgehead atoms. The molecule has 2 aliphatic heterocycles. The molecular formula is C15H17F3N2O2. The molecule has 0 spiro atoms. The highest BCUT2D eigenvalue weighted by molar-refractivity contribution is 5.66. The van der Waals surface area contributed by atoms with Gasteiger partial charge in [0.1, 0.15) is 0 Å². The number of halogens is 3. The Bertz CT molecular complexity index is 590. The smallest absolute Gasteiger partial charge is 0.416 e. The zero-order valence-corrected chi connectivity index (χ0v) is 12.0. The fourth-order valence-electron chi connectivity index (χ4n) is 3.70. The van der Waals surface area contributed by atoms with Crippen molar-refractivity contribution in [1.29, 1.82) is 0 Å². The van der Waals surface area contributed by atoms with Crippen LogP contribution < -0.4 is 0 Å². The average molecular weight is 314 g/mol. The molecule has 3 unspecified atom stereocenters. The number of rotatable bonds is 2. The van der Waals surface area contributed by atoms with E-state index in [-0.39, 0.29) is 23.7 Å². The van der Waals surface area contributed by atoms with Gasteiger partial charge in [0, 0.05) is 31.2 Å². The van der Waals surface area contributed by atoms with Crippen LogP contribution in [0.3, 0.4) is 0 Å². The second-order valence-corrected chi connectivity index (χ2v) is 5.94. The van der Waals surface area contributed by atoms with Crippen LogP contribution in [0.5, 0.6) is 0 Å². The van der Waals surface area contributed by atoms with E-state index in [9.17, 15) is 18.0 Å². The van der Waals surface area contributed by atoms with Gasteiger partial charge < -0.3 is 10.0 Å². The molecule has 0 radical (unpaired) electrons. The summed E-state index contributed by atoms with van der Waals surface area (Å²) in [5, 5.41) is 9.09. The van der Waals surface area contributed by atoms with Crippen molar-refractivity contribution in [2.75, 3.05) is 13.1 Å². The van der Waals surface area contributed by atoms with Gasteiger partial charge in [0.2, 0.25) is 0 Å². The fourth-order valence-corrected chi connectivity index (χ4v) is 3.70. The molecule has 1 N–H and O–H groups in total. The van der Waals surface area contributed by atoms with E-state index in [1.165, 1.54) is 17.0 Å². The molecule has 0 aliphatic carbocycles. The summed E-state index contributed by atoms with van der Waals surface area (Å²) in [5.41, 5.74) is -0.357. The number of carboxylic acid groups (broad SMARTS) is 1. The lowest BCUT2D eigenvalue weighted by Gasteiger charge is -2.37. The number of piperazine rings is 1. The molecule has 3 atom stereocenters. The molecule has 2 fully saturated rings. The van der Waals surface area contributed by atoms with Crippen LogP contribution in [0.4, 0.5) is 18.0 Å². The zero-order valence-electron chi connectivity index (χ0n) is 12.0. The van der Waals surface area contributed by atoms with Gasteiger partial charge >= 0.3 is 12.3 Å². The number of hydrogen-bond acceptors (Lipinski definition) is 2. The summed E-state index contributed by atoms with van der Waals surface area (Å²) in [6, 6.07) is 5.11. The summed E-state index contributed by atoms with van der Waals surface area (Å²) in [6.45, 7) is 2.62. The van der Waals surface area contributed by atoms with Crippen molar-refractivity contribution < 1.29 is 23.1 Å². The maximum atomic E-state index is 13.1. The van der Waals surface area contributed by atoms with Gasteiger partial charge in [-0.25, -0.2) is 4.79 Å². The van der Waals surface area contributed by atoms with Crippen molar-refractivity contribution >= 4 is 6.09 Å². The Hall–Kier alpha value is -1.76. The number of hydrogen-bond donors (Lipinski definition) is 1. The van der Waals surface area contributed by atoms with Crippen LogP contribution >= 0.6 is 0 Å². The molecule has 0 saturated carbocycles. The lowest BCUT2D eigenvalue weighted by molar-refractivity contribution is -0.138. The Morgan fingerprint density at radius 1 is 1.27 bits per heavy atom. The Morgan fingerprint density at radius 3 is 2.50 bits per heavy atom. The number of amides is 1. The Kier molecular flexibility index (Phi) is 3.55. The molecule has 0 aromatic heterocycles. The number of carbonyl (C=O) groups is 1. The summed E-state index contributed by atoms with van der Waals surface area (Å²) in [4.78, 5) is 14.5. The Morgan fingerprint density at radius 2 is 1.95 bits per heavy atom. The molecule has 120 valence electrons. The molecule has 22 heavy (non-hydrogen) atoms. The minimum absolute atomic E-state index is 0.00242. The summed E-state index contributed by atoms with van der Waals surface area (Å²) in [5.74, 6) is 0. The highest BCUT2D eigenvalue weighted by Crippen LogP contribution is 2.41. The number of likely N-dealkylation sites (tertiary alicyclic amines) is 2. The van der Waals surface area contributed by atoms with Gasteiger partial charge in [-0.15, -0.1) is 0 Å². The van der Waals surface area contributed by atoms with Crippen LogP contribution in [-0.4, -0.2) is 46.2 Å². The first kappa shape index (κ1) is 15.1. The molecule has 2 saturated heterocycles. The number of benzene rings is 1. The first-order valence-corrected chi connectivity index (χ1v) is 7.20. The number of fused-ring (bicyclic) bond motifs is 2. The summed E-state index contributed by atoms with van der Waals surface area (Å²) < 4.78 is 39.4. The van der Waals surface area contributed by atoms with Crippen molar-refractivity contribution in [3.63, 3.8) is 0 Å².